The second-order valence-corrected chi connectivity index (χ2v) is 6.66. The number of halogens is 1. The van der Waals surface area contributed by atoms with Crippen LogP contribution in [0.4, 0.5) is 4.53 Å². The molecule has 0 spiro atoms. The molecule has 0 radical (unpaired) electrons. The van der Waals surface area contributed by atoms with E-state index >= 15 is 0 Å². The lowest BCUT2D eigenvalue weighted by Crippen LogP contribution is -2.05. The van der Waals surface area contributed by atoms with Crippen molar-refractivity contribution < 1.29 is 17.3 Å². The first kappa shape index (κ1) is 22.1. The zero-order valence-corrected chi connectivity index (χ0v) is 14.1. The fraction of sp³-hybridized carbons (Fsp3) is 1.00. The van der Waals surface area contributed by atoms with Crippen molar-refractivity contribution in [2.24, 2.45) is 0 Å². The molecule has 0 rings (SSSR count). The van der Waals surface area contributed by atoms with Gasteiger partial charge in [0.1, 0.15) is 0 Å². The van der Waals surface area contributed by atoms with E-state index < -0.39 is 10.1 Å². The average Bonchev–Trinajstić information content (AvgIpc) is 2.42. The summed E-state index contributed by atoms with van der Waals surface area (Å²) in [4.78, 5) is 0. The zero-order valence-electron chi connectivity index (χ0n) is 13.3. The molecule has 1 N–H and O–H groups in total. The van der Waals surface area contributed by atoms with Gasteiger partial charge >= 0.3 is 0 Å². The molecule has 0 aliphatic rings. The van der Waals surface area contributed by atoms with Crippen molar-refractivity contribution in [2.45, 2.75) is 71.1 Å². The van der Waals surface area contributed by atoms with Crippen LogP contribution in [0.1, 0.15) is 71.1 Å². The highest BCUT2D eigenvalue weighted by Gasteiger charge is 2.10. The Morgan fingerprint density at radius 2 is 1.20 bits per heavy atom. The third-order valence-corrected chi connectivity index (χ3v) is 3.82. The lowest BCUT2D eigenvalue weighted by Gasteiger charge is -2.01. The molecular weight excluding hydrogens is 281 g/mol. The fourth-order valence-electron chi connectivity index (χ4n) is 1.80. The molecule has 0 saturated carbocycles. The SMILES string of the molecule is CCCCCCCCCCCCS(=O)(=O)OF.CNC. The predicted molar refractivity (Wildman–Crippen MR) is 82.8 cm³/mol. The number of unbranched alkanes of at least 4 members (excludes halogenated alkanes) is 9. The molecule has 0 aliphatic heterocycles. The van der Waals surface area contributed by atoms with Gasteiger partial charge in [-0.25, -0.2) is 0 Å². The maximum absolute atomic E-state index is 11.5. The molecule has 0 saturated heterocycles. The van der Waals surface area contributed by atoms with Crippen LogP contribution in [0, 0.1) is 0 Å². The van der Waals surface area contributed by atoms with Gasteiger partial charge in [0, 0.05) is 0 Å². The zero-order chi connectivity index (χ0) is 15.7. The molecule has 0 aromatic rings. The number of hydrogen-bond acceptors (Lipinski definition) is 4. The Hall–Kier alpha value is -0.200. The number of rotatable bonds is 12. The predicted octanol–water partition coefficient (Wildman–Crippen LogP) is 3.97. The molecule has 4 nitrogen and oxygen atoms in total. The molecule has 0 amide bonds. The normalized spacial score (nSPS) is 11.0. The fourth-order valence-corrected chi connectivity index (χ4v) is 2.42. The van der Waals surface area contributed by atoms with E-state index in [4.69, 9.17) is 0 Å². The van der Waals surface area contributed by atoms with Crippen LogP contribution in [-0.2, 0) is 14.5 Å². The quantitative estimate of drug-likeness (QED) is 0.554. The molecule has 0 aliphatic carbocycles. The van der Waals surface area contributed by atoms with Gasteiger partial charge in [-0.3, -0.25) is 0 Å². The lowest BCUT2D eigenvalue weighted by atomic mass is 10.1. The summed E-state index contributed by atoms with van der Waals surface area (Å²) in [5.74, 6) is -0.208. The van der Waals surface area contributed by atoms with Gasteiger partial charge in [-0.05, 0) is 25.0 Å². The Morgan fingerprint density at radius 3 is 1.55 bits per heavy atom. The van der Waals surface area contributed by atoms with Crippen molar-refractivity contribution in [3.8, 4) is 0 Å². The van der Waals surface area contributed by atoms with Crippen LogP contribution >= 0.6 is 0 Å². The Kier molecular flexibility index (Phi) is 18.6. The second-order valence-electron chi connectivity index (χ2n) is 5.01. The van der Waals surface area contributed by atoms with Crippen LogP contribution in [0.3, 0.4) is 0 Å². The third-order valence-electron chi connectivity index (χ3n) is 2.84. The summed E-state index contributed by atoms with van der Waals surface area (Å²) in [7, 11) is -0.144. The van der Waals surface area contributed by atoms with Gasteiger partial charge in [-0.1, -0.05) is 69.1 Å². The van der Waals surface area contributed by atoms with Crippen molar-refractivity contribution in [3.05, 3.63) is 0 Å². The van der Waals surface area contributed by atoms with E-state index in [2.05, 4.69) is 16.6 Å². The summed E-state index contributed by atoms with van der Waals surface area (Å²) in [6.45, 7) is 2.20. The highest BCUT2D eigenvalue weighted by atomic mass is 32.2. The molecule has 124 valence electrons. The molecule has 0 aromatic carbocycles. The molecule has 0 fully saturated rings. The molecule has 0 bridgehead atoms. The van der Waals surface area contributed by atoms with Gasteiger partial charge in [-0.2, -0.15) is 8.42 Å². The molecule has 0 aromatic heterocycles. The molecule has 0 atom stereocenters. The summed E-state index contributed by atoms with van der Waals surface area (Å²) in [5, 5.41) is 2.75. The minimum atomic E-state index is -3.89. The molecule has 0 heterocycles. The maximum atomic E-state index is 11.5. The van der Waals surface area contributed by atoms with Crippen molar-refractivity contribution >= 4 is 10.1 Å². The van der Waals surface area contributed by atoms with E-state index in [1.165, 1.54) is 38.5 Å². The van der Waals surface area contributed by atoms with Crippen molar-refractivity contribution in [1.82, 2.24) is 5.32 Å². The van der Waals surface area contributed by atoms with Crippen LogP contribution < -0.4 is 5.32 Å². The van der Waals surface area contributed by atoms with E-state index in [0.717, 1.165) is 19.3 Å². The van der Waals surface area contributed by atoms with E-state index in [0.29, 0.717) is 6.42 Å². The first-order chi connectivity index (χ1) is 9.54. The van der Waals surface area contributed by atoms with E-state index in [1.54, 1.807) is 0 Å². The monoisotopic (exact) mass is 313 g/mol. The molecular formula is C14H32FNO3S. The average molecular weight is 313 g/mol. The minimum absolute atomic E-state index is 0.208. The van der Waals surface area contributed by atoms with Crippen LogP contribution in [0.25, 0.3) is 0 Å². The van der Waals surface area contributed by atoms with E-state index in [9.17, 15) is 12.9 Å². The van der Waals surface area contributed by atoms with Crippen molar-refractivity contribution in [3.63, 3.8) is 0 Å². The lowest BCUT2D eigenvalue weighted by molar-refractivity contribution is 0.00288. The Bertz CT molecular complexity index is 272. The summed E-state index contributed by atoms with van der Waals surface area (Å²) in [6, 6.07) is 0. The molecule has 20 heavy (non-hydrogen) atoms. The summed E-state index contributed by atoms with van der Waals surface area (Å²) in [6.07, 6.45) is 11.2. The van der Waals surface area contributed by atoms with Crippen molar-refractivity contribution in [2.75, 3.05) is 19.8 Å². The topological polar surface area (TPSA) is 55.4 Å². The largest absolute Gasteiger partial charge is 0.323 e. The standard InChI is InChI=1S/C12H25FO3S.C2H7N/c1-2-3-4-5-6-7-8-9-10-11-12-17(14,15)16-13;1-3-2/h2-12H2,1H3;3H,1-2H3. The second kappa shape index (κ2) is 16.9. The first-order valence-electron chi connectivity index (χ1n) is 7.65. The van der Waals surface area contributed by atoms with Gasteiger partial charge < -0.3 is 5.32 Å². The highest BCUT2D eigenvalue weighted by Crippen LogP contribution is 2.11. The van der Waals surface area contributed by atoms with Crippen LogP contribution in [0.5, 0.6) is 0 Å². The third kappa shape index (κ3) is 20.1. The Morgan fingerprint density at radius 1 is 0.850 bits per heavy atom. The van der Waals surface area contributed by atoms with E-state index in [-0.39, 0.29) is 5.75 Å². The molecule has 6 heteroatoms. The summed E-state index contributed by atoms with van der Waals surface area (Å²) < 4.78 is 35.6. The van der Waals surface area contributed by atoms with Gasteiger partial charge in [0.05, 0.1) is 5.75 Å². The van der Waals surface area contributed by atoms with Crippen LogP contribution in [0.15, 0.2) is 0 Å². The Labute approximate surface area is 124 Å². The Balaban J connectivity index is 0. The maximum Gasteiger partial charge on any atom is 0.297 e. The highest BCUT2D eigenvalue weighted by molar-refractivity contribution is 7.86. The molecule has 0 unspecified atom stereocenters. The van der Waals surface area contributed by atoms with Gasteiger partial charge in [0.25, 0.3) is 10.1 Å². The number of hydrogen-bond donors (Lipinski definition) is 1. The van der Waals surface area contributed by atoms with E-state index in [1.807, 2.05) is 14.1 Å². The summed E-state index contributed by atoms with van der Waals surface area (Å²) >= 11 is 0. The van der Waals surface area contributed by atoms with Gasteiger partial charge in [-0.15, -0.1) is 0 Å². The summed E-state index contributed by atoms with van der Waals surface area (Å²) in [5.41, 5.74) is 0. The van der Waals surface area contributed by atoms with Crippen molar-refractivity contribution in [1.29, 1.82) is 0 Å². The number of nitrogens with one attached hydrogen (secondary N) is 1. The first-order valence-corrected chi connectivity index (χ1v) is 9.23. The van der Waals surface area contributed by atoms with Gasteiger partial charge in [0.15, 0.2) is 0 Å². The van der Waals surface area contributed by atoms with Crippen LogP contribution in [-0.4, -0.2) is 28.3 Å². The minimum Gasteiger partial charge on any atom is -0.323 e. The van der Waals surface area contributed by atoms with Gasteiger partial charge in [0.2, 0.25) is 0 Å². The smallest absolute Gasteiger partial charge is 0.297 e. The van der Waals surface area contributed by atoms with Crippen LogP contribution in [0.2, 0.25) is 0 Å².